The summed E-state index contributed by atoms with van der Waals surface area (Å²) in [6.07, 6.45) is -3.03. The number of hydrogen-bond acceptors (Lipinski definition) is 10. The molecule has 6 N–H and O–H groups in total. The van der Waals surface area contributed by atoms with Crippen molar-refractivity contribution in [3.8, 4) is 0 Å². The fraction of sp³-hybridized carbons (Fsp3) is 0.800. The molecule has 2 rings (SSSR count). The van der Waals surface area contributed by atoms with Gasteiger partial charge in [-0.05, 0) is 0 Å². The van der Waals surface area contributed by atoms with Gasteiger partial charge in [0, 0.05) is 18.9 Å². The molecule has 2 aliphatic heterocycles. The third-order valence-electron chi connectivity index (χ3n) is 3.90. The Hall–Kier alpha value is -0.310. The summed E-state index contributed by atoms with van der Waals surface area (Å²) in [7, 11) is -16.5. The molecule has 6 atom stereocenters. The number of amides is 2. The van der Waals surface area contributed by atoms with E-state index >= 15 is 0 Å². The molecular weight excluding hydrogens is 481 g/mol. The average molecular weight is 500 g/mol. The normalized spacial score (nSPS) is 32.6. The molecule has 2 heterocycles. The zero-order valence-corrected chi connectivity index (χ0v) is 18.1. The van der Waals surface area contributed by atoms with Crippen LogP contribution in [0.25, 0.3) is 0 Å². The monoisotopic (exact) mass is 500 g/mol. The molecular formula is C10H19N2O13P3S. The first-order valence-electron chi connectivity index (χ1n) is 7.82. The van der Waals surface area contributed by atoms with Gasteiger partial charge < -0.3 is 34.7 Å². The van der Waals surface area contributed by atoms with Crippen LogP contribution in [-0.2, 0) is 31.6 Å². The van der Waals surface area contributed by atoms with Crippen molar-refractivity contribution in [2.75, 3.05) is 13.2 Å². The van der Waals surface area contributed by atoms with Crippen LogP contribution in [0.15, 0.2) is 0 Å². The highest BCUT2D eigenvalue weighted by Crippen LogP contribution is 2.66. The van der Waals surface area contributed by atoms with Crippen LogP contribution in [0.2, 0.25) is 0 Å². The van der Waals surface area contributed by atoms with Crippen molar-refractivity contribution < 1.29 is 61.1 Å². The molecule has 3 unspecified atom stereocenters. The van der Waals surface area contributed by atoms with E-state index < -0.39 is 60.5 Å². The van der Waals surface area contributed by atoms with E-state index in [4.69, 9.17) is 31.6 Å². The Morgan fingerprint density at radius 1 is 1.21 bits per heavy atom. The number of ether oxygens (including phenoxy) is 1. The van der Waals surface area contributed by atoms with Crippen LogP contribution in [0.1, 0.15) is 13.3 Å². The van der Waals surface area contributed by atoms with E-state index in [2.05, 4.69) is 18.5 Å². The second-order valence-electron chi connectivity index (χ2n) is 6.10. The van der Waals surface area contributed by atoms with E-state index in [1.165, 1.54) is 4.90 Å². The molecule has 168 valence electrons. The Bertz CT molecular complexity index is 804. The van der Waals surface area contributed by atoms with E-state index in [1.54, 1.807) is 6.92 Å². The van der Waals surface area contributed by atoms with E-state index in [1.807, 2.05) is 0 Å². The highest BCUT2D eigenvalue weighted by Gasteiger charge is 2.47. The molecule has 2 fully saturated rings. The van der Waals surface area contributed by atoms with Gasteiger partial charge in [0.2, 0.25) is 0 Å². The van der Waals surface area contributed by atoms with Crippen molar-refractivity contribution in [3.63, 3.8) is 0 Å². The van der Waals surface area contributed by atoms with Crippen LogP contribution in [0.3, 0.4) is 0 Å². The van der Waals surface area contributed by atoms with Gasteiger partial charge in [-0.2, -0.15) is 8.62 Å². The fourth-order valence-electron chi connectivity index (χ4n) is 2.68. The molecule has 0 aromatic heterocycles. The zero-order chi connectivity index (χ0) is 22.2. The van der Waals surface area contributed by atoms with Crippen LogP contribution < -0.4 is 5.32 Å². The van der Waals surface area contributed by atoms with E-state index in [0.717, 1.165) is 0 Å². The average Bonchev–Trinajstić information content (AvgIpc) is 2.78. The minimum atomic E-state index is -5.65. The molecule has 0 saturated carbocycles. The van der Waals surface area contributed by atoms with Crippen LogP contribution in [0.4, 0.5) is 4.79 Å². The molecule has 0 aromatic rings. The van der Waals surface area contributed by atoms with Gasteiger partial charge >= 0.3 is 29.5 Å². The molecule has 2 amide bonds. The number of aliphatic hydroxyl groups is 1. The predicted molar refractivity (Wildman–Crippen MR) is 96.1 cm³/mol. The van der Waals surface area contributed by atoms with Crippen molar-refractivity contribution in [3.05, 3.63) is 0 Å². The molecule has 0 spiro atoms. The highest BCUT2D eigenvalue weighted by atomic mass is 32.1. The fourth-order valence-corrected chi connectivity index (χ4v) is 5.89. The number of thiocarbonyl (C=S) groups is 1. The van der Waals surface area contributed by atoms with Crippen LogP contribution >= 0.6 is 35.7 Å². The second-order valence-corrected chi connectivity index (χ2v) is 11.0. The third kappa shape index (κ3) is 7.11. The maximum atomic E-state index is 12.0. The lowest BCUT2D eigenvalue weighted by Gasteiger charge is -2.34. The summed E-state index contributed by atoms with van der Waals surface area (Å²) in [5.74, 6) is -0.637. The summed E-state index contributed by atoms with van der Waals surface area (Å²) in [5, 5.41) is 12.7. The van der Waals surface area contributed by atoms with Gasteiger partial charge in [-0.1, -0.05) is 19.1 Å². The van der Waals surface area contributed by atoms with Crippen LogP contribution in [-0.4, -0.2) is 72.2 Å². The van der Waals surface area contributed by atoms with E-state index in [9.17, 15) is 28.5 Å². The number of nitrogens with zero attached hydrogens (tertiary/aromatic N) is 1. The van der Waals surface area contributed by atoms with Crippen molar-refractivity contribution in [1.29, 1.82) is 0 Å². The van der Waals surface area contributed by atoms with Gasteiger partial charge in [-0.3, -0.25) is 9.42 Å². The first kappa shape index (κ1) is 25.0. The van der Waals surface area contributed by atoms with Gasteiger partial charge in [0.25, 0.3) is 0 Å². The number of carbonyl (C=O) groups is 1. The maximum Gasteiger partial charge on any atom is 0.490 e. The molecule has 19 heteroatoms. The summed E-state index contributed by atoms with van der Waals surface area (Å²) in [6.45, 7) is 0.953. The molecule has 2 saturated heterocycles. The molecule has 29 heavy (non-hydrogen) atoms. The third-order valence-corrected chi connectivity index (χ3v) is 8.00. The molecule has 2 aliphatic rings. The molecule has 0 radical (unpaired) electrons. The van der Waals surface area contributed by atoms with Gasteiger partial charge in [0.15, 0.2) is 0 Å². The highest BCUT2D eigenvalue weighted by molar-refractivity contribution is 7.80. The number of urea groups is 1. The summed E-state index contributed by atoms with van der Waals surface area (Å²) in [5.41, 5.74) is 0. The largest absolute Gasteiger partial charge is 0.490 e. The summed E-state index contributed by atoms with van der Waals surface area (Å²) < 4.78 is 50.8. The maximum absolute atomic E-state index is 12.0. The van der Waals surface area contributed by atoms with Crippen molar-refractivity contribution >= 4 is 46.7 Å². The predicted octanol–water partition coefficient (Wildman–Crippen LogP) is -0.206. The summed E-state index contributed by atoms with van der Waals surface area (Å²) in [6, 6.07) is -0.543. The Morgan fingerprint density at radius 2 is 1.83 bits per heavy atom. The van der Waals surface area contributed by atoms with E-state index in [-0.39, 0.29) is 6.54 Å². The molecule has 0 aromatic carbocycles. The number of phosphoric acid groups is 3. The van der Waals surface area contributed by atoms with Crippen molar-refractivity contribution in [2.45, 2.75) is 31.8 Å². The number of carbonyl (C=O) groups excluding carboxylic acids is 1. The molecule has 0 aliphatic carbocycles. The van der Waals surface area contributed by atoms with Crippen molar-refractivity contribution in [1.82, 2.24) is 10.2 Å². The number of aliphatic hydroxyl groups excluding tert-OH is 1. The van der Waals surface area contributed by atoms with Gasteiger partial charge in [-0.15, -0.1) is 0 Å². The van der Waals surface area contributed by atoms with Gasteiger partial charge in [0.05, 0.1) is 17.7 Å². The number of phosphoric ester groups is 1. The molecule has 0 bridgehead atoms. The van der Waals surface area contributed by atoms with Crippen LogP contribution in [0.5, 0.6) is 0 Å². The SMILES string of the molecule is C[C@H]1C(O)[C@@H](COP(=O)(O)OP(=O)(O)OP(=O)(O)O)O[C@H]1N1CCC(=S)NC1=O. The Morgan fingerprint density at radius 3 is 2.38 bits per heavy atom. The number of nitrogens with one attached hydrogen (secondary N) is 1. The topological polar surface area (TPSA) is 222 Å². The minimum absolute atomic E-state index is 0.217. The quantitative estimate of drug-likeness (QED) is 0.188. The van der Waals surface area contributed by atoms with Gasteiger partial charge in [-0.25, -0.2) is 18.5 Å². The smallest absolute Gasteiger partial charge is 0.390 e. The standard InChI is InChI=1S/C10H19N2O13P3S/c1-5-8(13)6(23-9(5)12-3-2-7(29)11-10(12)14)4-22-27(18,19)25-28(20,21)24-26(15,16)17/h5-6,8-9,13H,2-4H2,1H3,(H,18,19)(H,20,21)(H,11,14,29)(H2,15,16,17)/t5-,6+,8?,9+/m0/s1. The summed E-state index contributed by atoms with van der Waals surface area (Å²) in [4.78, 5) is 49.2. The van der Waals surface area contributed by atoms with Crippen molar-refractivity contribution in [2.24, 2.45) is 5.92 Å². The van der Waals surface area contributed by atoms with Gasteiger partial charge in [0.1, 0.15) is 12.3 Å². The first-order valence-corrected chi connectivity index (χ1v) is 12.8. The number of hydrogen-bond donors (Lipinski definition) is 6. The molecule has 15 nitrogen and oxygen atoms in total. The lowest BCUT2D eigenvalue weighted by molar-refractivity contribution is -0.0669. The minimum Gasteiger partial charge on any atom is -0.390 e. The lowest BCUT2D eigenvalue weighted by atomic mass is 10.0. The van der Waals surface area contributed by atoms with E-state index in [0.29, 0.717) is 11.4 Å². The van der Waals surface area contributed by atoms with Crippen LogP contribution in [0, 0.1) is 5.92 Å². The lowest BCUT2D eigenvalue weighted by Crippen LogP contribution is -2.54. The second kappa shape index (κ2) is 9.05. The number of rotatable bonds is 8. The summed E-state index contributed by atoms with van der Waals surface area (Å²) >= 11 is 4.90. The Balaban J connectivity index is 1.97. The first-order chi connectivity index (χ1) is 13.1. The Kier molecular flexibility index (Phi) is 7.79. The Labute approximate surface area is 169 Å². The zero-order valence-electron chi connectivity index (χ0n) is 14.6.